The van der Waals surface area contributed by atoms with Crippen LogP contribution in [0.15, 0.2) is 41.5 Å². The van der Waals surface area contributed by atoms with E-state index in [4.69, 9.17) is 27.5 Å². The molecule has 0 saturated heterocycles. The number of amides is 2. The van der Waals surface area contributed by atoms with Gasteiger partial charge in [0.05, 0.1) is 13.3 Å². The van der Waals surface area contributed by atoms with Crippen molar-refractivity contribution in [2.24, 2.45) is 5.10 Å². The van der Waals surface area contributed by atoms with Crippen molar-refractivity contribution in [2.75, 3.05) is 19.0 Å². The van der Waals surface area contributed by atoms with Crippen LogP contribution in [0.25, 0.3) is 0 Å². The van der Waals surface area contributed by atoms with Gasteiger partial charge in [0.1, 0.15) is 13.0 Å². The second kappa shape index (κ2) is 10.7. The number of benzene rings is 2. The summed E-state index contributed by atoms with van der Waals surface area (Å²) in [5.74, 6) is 2.32. The van der Waals surface area contributed by atoms with E-state index in [0.717, 1.165) is 5.56 Å². The largest absolute Gasteiger partial charge is 0.493 e. The normalized spacial score (nSPS) is 10.3. The standard InChI is InChI=1S/C21H20ClN3O4/c1-4-9-29-18-8-6-15(10-19(18)28-3)13-23-25-21(27)12-20(26)24-16-7-5-14(2)17(22)11-16/h1,5-8,10-11,13H,9,12H2,2-3H3,(H,24,26)(H,25,27). The number of hydrogen-bond acceptors (Lipinski definition) is 5. The molecule has 0 aromatic heterocycles. The van der Waals surface area contributed by atoms with Gasteiger partial charge in [0.2, 0.25) is 11.8 Å². The Morgan fingerprint density at radius 2 is 2.00 bits per heavy atom. The van der Waals surface area contributed by atoms with Gasteiger partial charge in [-0.3, -0.25) is 9.59 Å². The number of halogens is 1. The molecule has 0 unspecified atom stereocenters. The van der Waals surface area contributed by atoms with Crippen LogP contribution in [0.2, 0.25) is 5.02 Å². The maximum Gasteiger partial charge on any atom is 0.249 e. The highest BCUT2D eigenvalue weighted by Gasteiger charge is 2.10. The van der Waals surface area contributed by atoms with Gasteiger partial charge in [-0.25, -0.2) is 5.43 Å². The summed E-state index contributed by atoms with van der Waals surface area (Å²) in [6, 6.07) is 10.2. The number of terminal acetylenes is 1. The highest BCUT2D eigenvalue weighted by molar-refractivity contribution is 6.31. The highest BCUT2D eigenvalue weighted by Crippen LogP contribution is 2.27. The summed E-state index contributed by atoms with van der Waals surface area (Å²) in [5, 5.41) is 6.98. The van der Waals surface area contributed by atoms with E-state index in [2.05, 4.69) is 21.8 Å². The van der Waals surface area contributed by atoms with E-state index >= 15 is 0 Å². The highest BCUT2D eigenvalue weighted by atomic mass is 35.5. The van der Waals surface area contributed by atoms with Crippen LogP contribution in [0, 0.1) is 19.3 Å². The molecule has 2 aromatic rings. The molecule has 0 radical (unpaired) electrons. The van der Waals surface area contributed by atoms with Gasteiger partial charge in [0.15, 0.2) is 11.5 Å². The lowest BCUT2D eigenvalue weighted by molar-refractivity contribution is -0.126. The van der Waals surface area contributed by atoms with E-state index in [1.165, 1.54) is 13.3 Å². The predicted molar refractivity (Wildman–Crippen MR) is 112 cm³/mol. The van der Waals surface area contributed by atoms with E-state index in [1.54, 1.807) is 36.4 Å². The van der Waals surface area contributed by atoms with Crippen molar-refractivity contribution in [3.63, 3.8) is 0 Å². The lowest BCUT2D eigenvalue weighted by atomic mass is 10.2. The van der Waals surface area contributed by atoms with Gasteiger partial charge < -0.3 is 14.8 Å². The third kappa shape index (κ3) is 6.87. The first-order valence-corrected chi connectivity index (χ1v) is 8.93. The van der Waals surface area contributed by atoms with Crippen LogP contribution in [0.1, 0.15) is 17.5 Å². The van der Waals surface area contributed by atoms with Crippen molar-refractivity contribution in [3.8, 4) is 23.8 Å². The number of carbonyl (C=O) groups is 2. The van der Waals surface area contributed by atoms with Crippen molar-refractivity contribution in [2.45, 2.75) is 13.3 Å². The van der Waals surface area contributed by atoms with E-state index < -0.39 is 11.8 Å². The average Bonchev–Trinajstić information content (AvgIpc) is 2.69. The lowest BCUT2D eigenvalue weighted by Crippen LogP contribution is -2.24. The molecule has 150 valence electrons. The molecule has 0 aliphatic rings. The van der Waals surface area contributed by atoms with Gasteiger partial charge in [-0.05, 0) is 48.4 Å². The first-order chi connectivity index (χ1) is 13.9. The van der Waals surface area contributed by atoms with Crippen LogP contribution in [-0.2, 0) is 9.59 Å². The molecular weight excluding hydrogens is 394 g/mol. The van der Waals surface area contributed by atoms with Gasteiger partial charge in [-0.15, -0.1) is 6.42 Å². The minimum absolute atomic E-state index is 0.122. The van der Waals surface area contributed by atoms with E-state index in [1.807, 2.05) is 6.92 Å². The molecule has 2 rings (SSSR count). The summed E-state index contributed by atoms with van der Waals surface area (Å²) < 4.78 is 10.6. The molecule has 0 atom stereocenters. The molecule has 0 spiro atoms. The molecule has 0 saturated carbocycles. The summed E-state index contributed by atoms with van der Waals surface area (Å²) in [5.41, 5.74) is 4.37. The number of aryl methyl sites for hydroxylation is 1. The molecule has 2 amide bonds. The van der Waals surface area contributed by atoms with Crippen LogP contribution < -0.4 is 20.2 Å². The fraction of sp³-hybridized carbons (Fsp3) is 0.190. The summed E-state index contributed by atoms with van der Waals surface area (Å²) in [6.07, 6.45) is 6.21. The van der Waals surface area contributed by atoms with Gasteiger partial charge in [0.25, 0.3) is 0 Å². The first-order valence-electron chi connectivity index (χ1n) is 8.55. The number of methoxy groups -OCH3 is 1. The lowest BCUT2D eigenvalue weighted by Gasteiger charge is -2.09. The third-order valence-corrected chi connectivity index (χ3v) is 4.09. The molecule has 0 aliphatic heterocycles. The average molecular weight is 414 g/mol. The van der Waals surface area contributed by atoms with Crippen molar-refractivity contribution >= 4 is 35.3 Å². The SMILES string of the molecule is C#CCOc1ccc(C=NNC(=O)CC(=O)Nc2ccc(C)c(Cl)c2)cc1OC. The van der Waals surface area contributed by atoms with Crippen molar-refractivity contribution < 1.29 is 19.1 Å². The molecule has 0 aliphatic carbocycles. The summed E-state index contributed by atoms with van der Waals surface area (Å²) >= 11 is 6.01. The second-order valence-electron chi connectivity index (χ2n) is 5.89. The quantitative estimate of drug-likeness (QED) is 0.301. The molecule has 7 nitrogen and oxygen atoms in total. The predicted octanol–water partition coefficient (Wildman–Crippen LogP) is 3.15. The number of carbonyl (C=O) groups excluding carboxylic acids is 2. The minimum atomic E-state index is -0.558. The fourth-order valence-electron chi connectivity index (χ4n) is 2.24. The molecule has 0 fully saturated rings. The van der Waals surface area contributed by atoms with Crippen molar-refractivity contribution in [3.05, 3.63) is 52.5 Å². The fourth-order valence-corrected chi connectivity index (χ4v) is 2.42. The summed E-state index contributed by atoms with van der Waals surface area (Å²) in [4.78, 5) is 23.8. The van der Waals surface area contributed by atoms with Crippen LogP contribution in [0.3, 0.4) is 0 Å². The maximum atomic E-state index is 11.9. The Morgan fingerprint density at radius 1 is 1.21 bits per heavy atom. The third-order valence-electron chi connectivity index (χ3n) is 3.68. The van der Waals surface area contributed by atoms with Crippen LogP contribution in [0.5, 0.6) is 11.5 Å². The summed E-state index contributed by atoms with van der Waals surface area (Å²) in [7, 11) is 1.50. The molecule has 2 N–H and O–H groups in total. The Labute approximate surface area is 174 Å². The number of hydrazone groups is 1. The number of anilines is 1. The number of nitrogens with one attached hydrogen (secondary N) is 2. The molecule has 29 heavy (non-hydrogen) atoms. The summed E-state index contributed by atoms with van der Waals surface area (Å²) in [6.45, 7) is 1.98. The van der Waals surface area contributed by atoms with Crippen LogP contribution >= 0.6 is 11.6 Å². The molecule has 0 bridgehead atoms. The molecule has 2 aromatic carbocycles. The van der Waals surface area contributed by atoms with Gasteiger partial charge >= 0.3 is 0 Å². The maximum absolute atomic E-state index is 11.9. The number of ether oxygens (including phenoxy) is 2. The smallest absolute Gasteiger partial charge is 0.249 e. The minimum Gasteiger partial charge on any atom is -0.493 e. The Hall–Kier alpha value is -3.50. The van der Waals surface area contributed by atoms with E-state index in [9.17, 15) is 9.59 Å². The second-order valence-corrected chi connectivity index (χ2v) is 6.29. The van der Waals surface area contributed by atoms with Gasteiger partial charge in [0, 0.05) is 10.7 Å². The Kier molecular flexibility index (Phi) is 8.07. The zero-order valence-electron chi connectivity index (χ0n) is 16.0. The molecular formula is C21H20ClN3O4. The molecule has 8 heteroatoms. The van der Waals surface area contributed by atoms with Gasteiger partial charge in [-0.2, -0.15) is 5.10 Å². The zero-order chi connectivity index (χ0) is 21.2. The van der Waals surface area contributed by atoms with E-state index in [-0.39, 0.29) is 13.0 Å². The zero-order valence-corrected chi connectivity index (χ0v) is 16.7. The number of rotatable bonds is 8. The monoisotopic (exact) mass is 413 g/mol. The first kappa shape index (κ1) is 21.8. The van der Waals surface area contributed by atoms with Crippen molar-refractivity contribution in [1.82, 2.24) is 5.43 Å². The van der Waals surface area contributed by atoms with Crippen molar-refractivity contribution in [1.29, 1.82) is 0 Å². The number of hydrogen-bond donors (Lipinski definition) is 2. The Bertz CT molecular complexity index is 967. The topological polar surface area (TPSA) is 89.0 Å². The van der Waals surface area contributed by atoms with Crippen LogP contribution in [-0.4, -0.2) is 31.7 Å². The Balaban J connectivity index is 1.87. The van der Waals surface area contributed by atoms with Gasteiger partial charge in [-0.1, -0.05) is 23.6 Å². The van der Waals surface area contributed by atoms with Crippen LogP contribution in [0.4, 0.5) is 5.69 Å². The Morgan fingerprint density at radius 3 is 2.69 bits per heavy atom. The van der Waals surface area contributed by atoms with E-state index in [0.29, 0.717) is 27.8 Å². The molecule has 0 heterocycles. The number of nitrogens with zero attached hydrogens (tertiary/aromatic N) is 1.